The molecule has 0 saturated carbocycles. The van der Waals surface area contributed by atoms with Gasteiger partial charge in [0, 0.05) is 24.5 Å². The quantitative estimate of drug-likeness (QED) is 0.886. The van der Waals surface area contributed by atoms with Crippen molar-refractivity contribution in [3.63, 3.8) is 0 Å². The van der Waals surface area contributed by atoms with Gasteiger partial charge in [0.25, 0.3) is 0 Å². The van der Waals surface area contributed by atoms with E-state index in [9.17, 15) is 0 Å². The molecule has 0 unspecified atom stereocenters. The van der Waals surface area contributed by atoms with E-state index in [1.54, 1.807) is 0 Å². The molecule has 0 aliphatic carbocycles. The van der Waals surface area contributed by atoms with Crippen LogP contribution in [-0.4, -0.2) is 4.98 Å². The summed E-state index contributed by atoms with van der Waals surface area (Å²) < 4.78 is 0. The highest BCUT2D eigenvalue weighted by Gasteiger charge is 2.14. The number of pyridine rings is 1. The second-order valence-corrected chi connectivity index (χ2v) is 5.29. The first-order valence-corrected chi connectivity index (χ1v) is 6.68. The lowest BCUT2D eigenvalue weighted by molar-refractivity contribution is 1.05. The average molecular weight is 254 g/mol. The lowest BCUT2D eigenvalue weighted by Crippen LogP contribution is -2.01. The molecule has 2 heteroatoms. The Kier molecular flexibility index (Phi) is 3.72. The maximum atomic E-state index is 5.72. The van der Waals surface area contributed by atoms with Crippen molar-refractivity contribution in [1.82, 2.24) is 4.98 Å². The normalized spacial score (nSPS) is 10.8. The summed E-state index contributed by atoms with van der Waals surface area (Å²) in [6.45, 7) is 11.5. The van der Waals surface area contributed by atoms with E-state index in [0.29, 0.717) is 6.54 Å². The maximum Gasteiger partial charge on any atom is 0.0346 e. The second-order valence-electron chi connectivity index (χ2n) is 5.29. The summed E-state index contributed by atoms with van der Waals surface area (Å²) in [6, 6.07) is 2.15. The SMILES string of the molecule is Cc1c(C)c(C)c(-c2cncc(CN)c2)c(C)c1C. The molecule has 1 aromatic heterocycles. The number of benzene rings is 1. The smallest absolute Gasteiger partial charge is 0.0346 e. The summed E-state index contributed by atoms with van der Waals surface area (Å²) >= 11 is 0. The van der Waals surface area contributed by atoms with Gasteiger partial charge in [0.15, 0.2) is 0 Å². The van der Waals surface area contributed by atoms with Crippen LogP contribution in [-0.2, 0) is 6.54 Å². The van der Waals surface area contributed by atoms with Gasteiger partial charge in [-0.2, -0.15) is 0 Å². The zero-order valence-corrected chi connectivity index (χ0v) is 12.5. The first kappa shape index (κ1) is 13.8. The first-order valence-electron chi connectivity index (χ1n) is 6.68. The van der Waals surface area contributed by atoms with Gasteiger partial charge in [0.05, 0.1) is 0 Å². The molecule has 0 atom stereocenters. The van der Waals surface area contributed by atoms with Crippen LogP contribution in [0.25, 0.3) is 11.1 Å². The van der Waals surface area contributed by atoms with Crippen molar-refractivity contribution >= 4 is 0 Å². The third kappa shape index (κ3) is 2.28. The molecule has 2 aromatic rings. The maximum absolute atomic E-state index is 5.72. The minimum Gasteiger partial charge on any atom is -0.326 e. The Hall–Kier alpha value is -1.67. The van der Waals surface area contributed by atoms with Crippen LogP contribution in [0.1, 0.15) is 33.4 Å². The van der Waals surface area contributed by atoms with Crippen LogP contribution in [0.2, 0.25) is 0 Å². The van der Waals surface area contributed by atoms with E-state index in [0.717, 1.165) is 5.56 Å². The summed E-state index contributed by atoms with van der Waals surface area (Å²) in [5, 5.41) is 0. The van der Waals surface area contributed by atoms with Gasteiger partial charge in [-0.1, -0.05) is 0 Å². The van der Waals surface area contributed by atoms with Gasteiger partial charge in [0.2, 0.25) is 0 Å². The van der Waals surface area contributed by atoms with Gasteiger partial charge >= 0.3 is 0 Å². The molecule has 0 aliphatic rings. The fourth-order valence-corrected chi connectivity index (χ4v) is 2.67. The van der Waals surface area contributed by atoms with Crippen LogP contribution >= 0.6 is 0 Å². The van der Waals surface area contributed by atoms with Crippen LogP contribution in [0.4, 0.5) is 0 Å². The lowest BCUT2D eigenvalue weighted by Gasteiger charge is -2.19. The topological polar surface area (TPSA) is 38.9 Å². The summed E-state index contributed by atoms with van der Waals surface area (Å²) in [4.78, 5) is 4.32. The van der Waals surface area contributed by atoms with Crippen LogP contribution in [0.15, 0.2) is 18.5 Å². The Morgan fingerprint density at radius 3 is 1.89 bits per heavy atom. The van der Waals surface area contributed by atoms with E-state index in [1.165, 1.54) is 38.9 Å². The Bertz CT molecular complexity index is 598. The third-order valence-electron chi connectivity index (χ3n) is 4.32. The van der Waals surface area contributed by atoms with E-state index in [4.69, 9.17) is 5.73 Å². The number of hydrogen-bond donors (Lipinski definition) is 1. The van der Waals surface area contributed by atoms with Gasteiger partial charge in [0.1, 0.15) is 0 Å². The van der Waals surface area contributed by atoms with Crippen molar-refractivity contribution in [2.75, 3.05) is 0 Å². The van der Waals surface area contributed by atoms with E-state index in [1.807, 2.05) is 12.4 Å². The zero-order valence-electron chi connectivity index (χ0n) is 12.5. The number of aromatic nitrogens is 1. The Labute approximate surface area is 115 Å². The molecule has 100 valence electrons. The molecule has 0 aliphatic heterocycles. The van der Waals surface area contributed by atoms with E-state index in [-0.39, 0.29) is 0 Å². The van der Waals surface area contributed by atoms with Crippen LogP contribution in [0, 0.1) is 34.6 Å². The van der Waals surface area contributed by atoms with Gasteiger partial charge in [-0.05, 0) is 79.6 Å². The highest BCUT2D eigenvalue weighted by molar-refractivity contribution is 5.74. The molecule has 2 N–H and O–H groups in total. The Morgan fingerprint density at radius 2 is 1.37 bits per heavy atom. The first-order chi connectivity index (χ1) is 8.97. The summed E-state index contributed by atoms with van der Waals surface area (Å²) in [5.41, 5.74) is 16.1. The Morgan fingerprint density at radius 1 is 0.842 bits per heavy atom. The molecule has 2 rings (SSSR count). The highest BCUT2D eigenvalue weighted by Crippen LogP contribution is 2.33. The molecule has 0 amide bonds. The minimum atomic E-state index is 0.531. The van der Waals surface area contributed by atoms with Gasteiger partial charge in [-0.25, -0.2) is 0 Å². The van der Waals surface area contributed by atoms with Crippen molar-refractivity contribution in [3.05, 3.63) is 51.8 Å². The monoisotopic (exact) mass is 254 g/mol. The molecule has 1 aromatic carbocycles. The molecule has 0 fully saturated rings. The molecular weight excluding hydrogens is 232 g/mol. The average Bonchev–Trinajstić information content (AvgIpc) is 2.43. The predicted octanol–water partition coefficient (Wildman–Crippen LogP) is 3.75. The standard InChI is InChI=1S/C17H22N2/c1-10-11(2)13(4)17(14(5)12(10)3)16-6-15(7-18)8-19-9-16/h6,8-9H,7,18H2,1-5H3. The van der Waals surface area contributed by atoms with Crippen molar-refractivity contribution in [1.29, 1.82) is 0 Å². The van der Waals surface area contributed by atoms with Gasteiger partial charge < -0.3 is 5.73 Å². The van der Waals surface area contributed by atoms with E-state index in [2.05, 4.69) is 45.7 Å². The largest absolute Gasteiger partial charge is 0.326 e. The summed E-state index contributed by atoms with van der Waals surface area (Å²) in [6.07, 6.45) is 3.77. The van der Waals surface area contributed by atoms with E-state index >= 15 is 0 Å². The molecular formula is C17H22N2. The number of rotatable bonds is 2. The molecule has 0 spiro atoms. The number of hydrogen-bond acceptors (Lipinski definition) is 2. The molecule has 0 saturated heterocycles. The fraction of sp³-hybridized carbons (Fsp3) is 0.353. The predicted molar refractivity (Wildman–Crippen MR) is 81.2 cm³/mol. The lowest BCUT2D eigenvalue weighted by atomic mass is 9.86. The molecule has 19 heavy (non-hydrogen) atoms. The van der Waals surface area contributed by atoms with Crippen LogP contribution in [0.3, 0.4) is 0 Å². The van der Waals surface area contributed by atoms with Crippen LogP contribution < -0.4 is 5.73 Å². The minimum absolute atomic E-state index is 0.531. The van der Waals surface area contributed by atoms with Crippen molar-refractivity contribution < 1.29 is 0 Å². The second kappa shape index (κ2) is 5.14. The van der Waals surface area contributed by atoms with Crippen molar-refractivity contribution in [3.8, 4) is 11.1 Å². The zero-order chi connectivity index (χ0) is 14.2. The van der Waals surface area contributed by atoms with E-state index < -0.39 is 0 Å². The van der Waals surface area contributed by atoms with Crippen molar-refractivity contribution in [2.24, 2.45) is 5.73 Å². The van der Waals surface area contributed by atoms with Crippen LogP contribution in [0.5, 0.6) is 0 Å². The summed E-state index contributed by atoms with van der Waals surface area (Å²) in [5.74, 6) is 0. The highest BCUT2D eigenvalue weighted by atomic mass is 14.6. The summed E-state index contributed by atoms with van der Waals surface area (Å²) in [7, 11) is 0. The molecule has 0 radical (unpaired) electrons. The third-order valence-corrected chi connectivity index (χ3v) is 4.32. The van der Waals surface area contributed by atoms with Gasteiger partial charge in [-0.3, -0.25) is 4.98 Å². The Balaban J connectivity index is 2.75. The fourth-order valence-electron chi connectivity index (χ4n) is 2.67. The molecule has 2 nitrogen and oxygen atoms in total. The molecule has 0 bridgehead atoms. The molecule has 1 heterocycles. The number of nitrogens with zero attached hydrogens (tertiary/aromatic N) is 1. The number of nitrogens with two attached hydrogens (primary N) is 1. The van der Waals surface area contributed by atoms with Gasteiger partial charge in [-0.15, -0.1) is 0 Å². The van der Waals surface area contributed by atoms with Crippen molar-refractivity contribution in [2.45, 2.75) is 41.2 Å².